The fraction of sp³-hybridized carbons (Fsp3) is 0.769. The average Bonchev–Trinajstić information content (AvgIpc) is 2.29. The van der Waals surface area contributed by atoms with E-state index in [0.29, 0.717) is 25.3 Å². The van der Waals surface area contributed by atoms with Crippen molar-refractivity contribution in [3.05, 3.63) is 0 Å². The number of amides is 3. The Kier molecular flexibility index (Phi) is 5.35. The van der Waals surface area contributed by atoms with Crippen molar-refractivity contribution < 1.29 is 19.5 Å². The van der Waals surface area contributed by atoms with Crippen LogP contribution in [0, 0.1) is 5.92 Å². The number of nitrogens with one attached hydrogen (secondary N) is 3. The molecule has 7 heteroatoms. The van der Waals surface area contributed by atoms with Crippen LogP contribution in [0.5, 0.6) is 0 Å². The first-order valence-electron chi connectivity index (χ1n) is 6.86. The van der Waals surface area contributed by atoms with Crippen LogP contribution < -0.4 is 16.0 Å². The van der Waals surface area contributed by atoms with Crippen LogP contribution in [0.15, 0.2) is 0 Å². The summed E-state index contributed by atoms with van der Waals surface area (Å²) in [5.41, 5.74) is -1.17. The maximum Gasteiger partial charge on any atom is 0.329 e. The smallest absolute Gasteiger partial charge is 0.329 e. The van der Waals surface area contributed by atoms with Crippen molar-refractivity contribution in [1.82, 2.24) is 16.0 Å². The zero-order valence-corrected chi connectivity index (χ0v) is 12.2. The van der Waals surface area contributed by atoms with Crippen molar-refractivity contribution in [2.75, 3.05) is 6.54 Å². The molecule has 0 spiro atoms. The van der Waals surface area contributed by atoms with Crippen molar-refractivity contribution in [2.24, 2.45) is 5.92 Å². The zero-order chi connectivity index (χ0) is 15.3. The van der Waals surface area contributed by atoms with Gasteiger partial charge in [-0.3, -0.25) is 4.79 Å². The van der Waals surface area contributed by atoms with E-state index < -0.39 is 23.6 Å². The molecule has 1 rings (SSSR count). The molecule has 0 bridgehead atoms. The Morgan fingerprint density at radius 1 is 1.20 bits per heavy atom. The SMILES string of the molecule is CC(C)CNC(=O)C(C)NC(=O)NC1(C(=O)O)CCC1. The molecular formula is C13H23N3O4. The molecule has 0 radical (unpaired) electrons. The van der Waals surface area contributed by atoms with Crippen LogP contribution in [-0.2, 0) is 9.59 Å². The molecule has 0 heterocycles. The molecule has 0 aromatic rings. The second kappa shape index (κ2) is 6.58. The highest BCUT2D eigenvalue weighted by Gasteiger charge is 2.45. The highest BCUT2D eigenvalue weighted by Crippen LogP contribution is 2.31. The van der Waals surface area contributed by atoms with Crippen LogP contribution in [0.1, 0.15) is 40.0 Å². The Labute approximate surface area is 118 Å². The summed E-state index contributed by atoms with van der Waals surface area (Å²) in [4.78, 5) is 34.6. The van der Waals surface area contributed by atoms with E-state index in [9.17, 15) is 14.4 Å². The number of carboxylic acid groups (broad SMARTS) is 1. The lowest BCUT2D eigenvalue weighted by Gasteiger charge is -2.38. The predicted molar refractivity (Wildman–Crippen MR) is 73.2 cm³/mol. The van der Waals surface area contributed by atoms with E-state index in [1.165, 1.54) is 0 Å². The van der Waals surface area contributed by atoms with Crippen molar-refractivity contribution >= 4 is 17.9 Å². The Balaban J connectivity index is 2.41. The summed E-state index contributed by atoms with van der Waals surface area (Å²) >= 11 is 0. The van der Waals surface area contributed by atoms with Gasteiger partial charge in [0.25, 0.3) is 0 Å². The van der Waals surface area contributed by atoms with Gasteiger partial charge in [-0.05, 0) is 32.1 Å². The van der Waals surface area contributed by atoms with Gasteiger partial charge >= 0.3 is 12.0 Å². The normalized spacial score (nSPS) is 17.8. The third-order valence-corrected chi connectivity index (χ3v) is 3.39. The van der Waals surface area contributed by atoms with Crippen LogP contribution >= 0.6 is 0 Å². The Morgan fingerprint density at radius 2 is 1.80 bits per heavy atom. The van der Waals surface area contributed by atoms with Crippen LogP contribution in [0.25, 0.3) is 0 Å². The van der Waals surface area contributed by atoms with E-state index in [2.05, 4.69) is 16.0 Å². The molecule has 1 aliphatic rings. The summed E-state index contributed by atoms with van der Waals surface area (Å²) in [6.45, 7) is 6.03. The number of hydrogen-bond donors (Lipinski definition) is 4. The molecule has 1 aliphatic carbocycles. The molecular weight excluding hydrogens is 262 g/mol. The first kappa shape index (κ1) is 16.3. The number of carboxylic acids is 1. The van der Waals surface area contributed by atoms with Gasteiger partial charge in [-0.25, -0.2) is 9.59 Å². The highest BCUT2D eigenvalue weighted by atomic mass is 16.4. The van der Waals surface area contributed by atoms with Crippen molar-refractivity contribution in [3.8, 4) is 0 Å². The van der Waals surface area contributed by atoms with Gasteiger partial charge in [-0.15, -0.1) is 0 Å². The number of carbonyl (C=O) groups is 3. The molecule has 0 aromatic carbocycles. The third-order valence-electron chi connectivity index (χ3n) is 3.39. The summed E-state index contributed by atoms with van der Waals surface area (Å²) in [6, 6.07) is -1.33. The van der Waals surface area contributed by atoms with Gasteiger partial charge < -0.3 is 21.1 Å². The van der Waals surface area contributed by atoms with Gasteiger partial charge in [-0.1, -0.05) is 13.8 Å². The molecule has 4 N–H and O–H groups in total. The van der Waals surface area contributed by atoms with E-state index in [1.54, 1.807) is 6.92 Å². The maximum absolute atomic E-state index is 11.7. The molecule has 1 unspecified atom stereocenters. The van der Waals surface area contributed by atoms with Crippen LogP contribution in [0.3, 0.4) is 0 Å². The van der Waals surface area contributed by atoms with Crippen molar-refractivity contribution in [2.45, 2.75) is 51.6 Å². The topological polar surface area (TPSA) is 108 Å². The van der Waals surface area contributed by atoms with E-state index >= 15 is 0 Å². The van der Waals surface area contributed by atoms with Crippen LogP contribution in [0.2, 0.25) is 0 Å². The Morgan fingerprint density at radius 3 is 2.20 bits per heavy atom. The number of rotatable bonds is 6. The minimum Gasteiger partial charge on any atom is -0.480 e. The molecule has 114 valence electrons. The lowest BCUT2D eigenvalue weighted by molar-refractivity contribution is -0.148. The fourth-order valence-electron chi connectivity index (χ4n) is 1.90. The highest BCUT2D eigenvalue weighted by molar-refractivity contribution is 5.90. The lowest BCUT2D eigenvalue weighted by atomic mass is 9.77. The Bertz CT molecular complexity index is 391. The number of urea groups is 1. The number of aliphatic carboxylic acids is 1. The molecule has 1 saturated carbocycles. The first-order valence-corrected chi connectivity index (χ1v) is 6.86. The molecule has 3 amide bonds. The average molecular weight is 285 g/mol. The zero-order valence-electron chi connectivity index (χ0n) is 12.2. The second-order valence-corrected chi connectivity index (χ2v) is 5.70. The molecule has 20 heavy (non-hydrogen) atoms. The van der Waals surface area contributed by atoms with Crippen LogP contribution in [-0.4, -0.2) is 41.1 Å². The van der Waals surface area contributed by atoms with Crippen molar-refractivity contribution in [3.63, 3.8) is 0 Å². The summed E-state index contributed by atoms with van der Waals surface area (Å²) in [7, 11) is 0. The summed E-state index contributed by atoms with van der Waals surface area (Å²) in [5, 5.41) is 16.7. The lowest BCUT2D eigenvalue weighted by Crippen LogP contribution is -2.62. The van der Waals surface area contributed by atoms with Gasteiger partial charge in [0, 0.05) is 6.54 Å². The maximum atomic E-state index is 11.7. The van der Waals surface area contributed by atoms with E-state index in [-0.39, 0.29) is 5.91 Å². The molecule has 0 aliphatic heterocycles. The first-order chi connectivity index (χ1) is 9.27. The Hall–Kier alpha value is -1.79. The predicted octanol–water partition coefficient (Wildman–Crippen LogP) is 0.454. The molecule has 7 nitrogen and oxygen atoms in total. The van der Waals surface area contributed by atoms with Crippen molar-refractivity contribution in [1.29, 1.82) is 0 Å². The molecule has 1 fully saturated rings. The monoisotopic (exact) mass is 285 g/mol. The molecule has 1 atom stereocenters. The standard InChI is InChI=1S/C13H23N3O4/c1-8(2)7-14-10(17)9(3)15-12(20)16-13(11(18)19)5-4-6-13/h8-9H,4-7H2,1-3H3,(H,14,17)(H,18,19)(H2,15,16,20). The molecule has 0 saturated heterocycles. The quantitative estimate of drug-likeness (QED) is 0.568. The van der Waals surface area contributed by atoms with Gasteiger partial charge in [0.1, 0.15) is 11.6 Å². The summed E-state index contributed by atoms with van der Waals surface area (Å²) in [6.07, 6.45) is 1.62. The minimum atomic E-state index is -1.17. The summed E-state index contributed by atoms with van der Waals surface area (Å²) in [5.74, 6) is -0.993. The number of hydrogen-bond acceptors (Lipinski definition) is 3. The molecule has 0 aromatic heterocycles. The van der Waals surface area contributed by atoms with E-state index in [4.69, 9.17) is 5.11 Å². The van der Waals surface area contributed by atoms with Crippen LogP contribution in [0.4, 0.5) is 4.79 Å². The summed E-state index contributed by atoms with van der Waals surface area (Å²) < 4.78 is 0. The third kappa shape index (κ3) is 4.11. The largest absolute Gasteiger partial charge is 0.480 e. The minimum absolute atomic E-state index is 0.285. The number of carbonyl (C=O) groups excluding carboxylic acids is 2. The van der Waals surface area contributed by atoms with Gasteiger partial charge in [0.15, 0.2) is 0 Å². The van der Waals surface area contributed by atoms with Gasteiger partial charge in [0.2, 0.25) is 5.91 Å². The van der Waals surface area contributed by atoms with Gasteiger partial charge in [-0.2, -0.15) is 0 Å². The fourth-order valence-corrected chi connectivity index (χ4v) is 1.90. The second-order valence-electron chi connectivity index (χ2n) is 5.70. The van der Waals surface area contributed by atoms with E-state index in [0.717, 1.165) is 6.42 Å². The van der Waals surface area contributed by atoms with Gasteiger partial charge in [0.05, 0.1) is 0 Å². The van der Waals surface area contributed by atoms with E-state index in [1.807, 2.05) is 13.8 Å².